The Balaban J connectivity index is 1.86. The molecule has 1 saturated carbocycles. The first-order chi connectivity index (χ1) is 10.1. The molecular formula is C18H37N3. The summed E-state index contributed by atoms with van der Waals surface area (Å²) in [6.07, 6.45) is 9.74. The standard InChI is InChI=1S/C18H37N3/c1-5-6-15-7-8-17(19-2)18(13-15)21(4)14-16-9-11-20(3)12-10-16/h15-19H,5-14H2,1-4H3. The molecule has 1 N–H and O–H groups in total. The summed E-state index contributed by atoms with van der Waals surface area (Å²) in [5.74, 6) is 1.87. The van der Waals surface area contributed by atoms with Gasteiger partial charge in [0.25, 0.3) is 0 Å². The average Bonchev–Trinajstić information content (AvgIpc) is 2.50. The van der Waals surface area contributed by atoms with E-state index in [-0.39, 0.29) is 0 Å². The van der Waals surface area contributed by atoms with E-state index >= 15 is 0 Å². The van der Waals surface area contributed by atoms with E-state index in [0.29, 0.717) is 6.04 Å². The Morgan fingerprint density at radius 1 is 1.10 bits per heavy atom. The van der Waals surface area contributed by atoms with E-state index in [1.165, 1.54) is 64.6 Å². The van der Waals surface area contributed by atoms with Gasteiger partial charge in [0.2, 0.25) is 0 Å². The van der Waals surface area contributed by atoms with Gasteiger partial charge >= 0.3 is 0 Å². The van der Waals surface area contributed by atoms with Crippen LogP contribution in [0.4, 0.5) is 0 Å². The highest BCUT2D eigenvalue weighted by molar-refractivity contribution is 4.90. The predicted molar refractivity (Wildman–Crippen MR) is 91.7 cm³/mol. The molecule has 0 aromatic rings. The van der Waals surface area contributed by atoms with Crippen LogP contribution in [0.25, 0.3) is 0 Å². The third kappa shape index (κ3) is 4.94. The zero-order chi connectivity index (χ0) is 15.2. The largest absolute Gasteiger partial charge is 0.315 e. The highest BCUT2D eigenvalue weighted by atomic mass is 15.2. The number of nitrogens with one attached hydrogen (secondary N) is 1. The van der Waals surface area contributed by atoms with Gasteiger partial charge in [-0.2, -0.15) is 0 Å². The third-order valence-corrected chi connectivity index (χ3v) is 5.94. The van der Waals surface area contributed by atoms with E-state index in [9.17, 15) is 0 Å². The molecule has 1 aliphatic carbocycles. The Kier molecular flexibility index (Phi) is 6.97. The summed E-state index contributed by atoms with van der Waals surface area (Å²) in [6, 6.07) is 1.45. The molecule has 0 spiro atoms. The van der Waals surface area contributed by atoms with Crippen molar-refractivity contribution in [1.82, 2.24) is 15.1 Å². The van der Waals surface area contributed by atoms with Gasteiger partial charge in [-0.05, 0) is 78.2 Å². The summed E-state index contributed by atoms with van der Waals surface area (Å²) in [7, 11) is 6.79. The van der Waals surface area contributed by atoms with E-state index < -0.39 is 0 Å². The average molecular weight is 296 g/mol. The monoisotopic (exact) mass is 295 g/mol. The summed E-state index contributed by atoms with van der Waals surface area (Å²) in [6.45, 7) is 6.21. The lowest BCUT2D eigenvalue weighted by molar-refractivity contribution is 0.0896. The summed E-state index contributed by atoms with van der Waals surface area (Å²) in [5, 5.41) is 3.59. The first kappa shape index (κ1) is 17.2. The molecule has 1 heterocycles. The van der Waals surface area contributed by atoms with Crippen LogP contribution in [0.2, 0.25) is 0 Å². The molecule has 0 amide bonds. The van der Waals surface area contributed by atoms with Crippen molar-refractivity contribution in [1.29, 1.82) is 0 Å². The second-order valence-electron chi connectivity index (χ2n) is 7.62. The van der Waals surface area contributed by atoms with Crippen molar-refractivity contribution in [3.05, 3.63) is 0 Å². The second kappa shape index (κ2) is 8.50. The van der Waals surface area contributed by atoms with Gasteiger partial charge < -0.3 is 15.1 Å². The van der Waals surface area contributed by atoms with Gasteiger partial charge in [-0.25, -0.2) is 0 Å². The molecule has 3 nitrogen and oxygen atoms in total. The van der Waals surface area contributed by atoms with Crippen molar-refractivity contribution in [3.63, 3.8) is 0 Å². The molecule has 124 valence electrons. The lowest BCUT2D eigenvalue weighted by atomic mass is 9.79. The molecule has 1 saturated heterocycles. The minimum absolute atomic E-state index is 0.703. The maximum Gasteiger partial charge on any atom is 0.0248 e. The molecule has 21 heavy (non-hydrogen) atoms. The Bertz CT molecular complexity index is 286. The fraction of sp³-hybridized carbons (Fsp3) is 1.00. The van der Waals surface area contributed by atoms with E-state index in [4.69, 9.17) is 0 Å². The van der Waals surface area contributed by atoms with Gasteiger partial charge in [-0.1, -0.05) is 19.8 Å². The molecule has 0 aromatic heterocycles. The number of likely N-dealkylation sites (tertiary alicyclic amines) is 1. The smallest absolute Gasteiger partial charge is 0.0248 e. The van der Waals surface area contributed by atoms with Gasteiger partial charge in [0.05, 0.1) is 0 Å². The van der Waals surface area contributed by atoms with Gasteiger partial charge in [-0.15, -0.1) is 0 Å². The summed E-state index contributed by atoms with van der Waals surface area (Å²) in [4.78, 5) is 5.17. The number of piperidine rings is 1. The van der Waals surface area contributed by atoms with Crippen molar-refractivity contribution in [2.75, 3.05) is 40.8 Å². The fourth-order valence-electron chi connectivity index (χ4n) is 4.51. The number of hydrogen-bond donors (Lipinski definition) is 1. The SMILES string of the molecule is CCCC1CCC(NC)C(N(C)CC2CCN(C)CC2)C1. The van der Waals surface area contributed by atoms with E-state index in [0.717, 1.165) is 17.9 Å². The maximum atomic E-state index is 3.59. The summed E-state index contributed by atoms with van der Waals surface area (Å²) >= 11 is 0. The molecule has 3 unspecified atom stereocenters. The molecule has 2 rings (SSSR count). The van der Waals surface area contributed by atoms with Crippen LogP contribution < -0.4 is 5.32 Å². The number of nitrogens with zero attached hydrogens (tertiary/aromatic N) is 2. The summed E-state index contributed by atoms with van der Waals surface area (Å²) in [5.41, 5.74) is 0. The van der Waals surface area contributed by atoms with Crippen LogP contribution in [0.1, 0.15) is 51.9 Å². The molecular weight excluding hydrogens is 258 g/mol. The second-order valence-corrected chi connectivity index (χ2v) is 7.62. The Hall–Kier alpha value is -0.120. The zero-order valence-electron chi connectivity index (χ0n) is 14.8. The minimum Gasteiger partial charge on any atom is -0.315 e. The van der Waals surface area contributed by atoms with Crippen LogP contribution in [-0.4, -0.2) is 62.7 Å². The summed E-state index contributed by atoms with van der Waals surface area (Å²) < 4.78 is 0. The van der Waals surface area contributed by atoms with E-state index in [1.807, 2.05) is 0 Å². The Labute approximate surface area is 132 Å². The number of hydrogen-bond acceptors (Lipinski definition) is 3. The maximum absolute atomic E-state index is 3.59. The van der Waals surface area contributed by atoms with Gasteiger partial charge in [0, 0.05) is 18.6 Å². The van der Waals surface area contributed by atoms with Crippen molar-refractivity contribution in [2.45, 2.75) is 64.0 Å². The van der Waals surface area contributed by atoms with Gasteiger partial charge in [0.15, 0.2) is 0 Å². The zero-order valence-corrected chi connectivity index (χ0v) is 14.8. The van der Waals surface area contributed by atoms with E-state index in [2.05, 4.69) is 43.2 Å². The van der Waals surface area contributed by atoms with E-state index in [1.54, 1.807) is 0 Å². The predicted octanol–water partition coefficient (Wildman–Crippen LogP) is 2.82. The van der Waals surface area contributed by atoms with Crippen LogP contribution in [0.3, 0.4) is 0 Å². The highest BCUT2D eigenvalue weighted by Crippen LogP contribution is 2.31. The van der Waals surface area contributed by atoms with Gasteiger partial charge in [-0.3, -0.25) is 0 Å². The normalized spacial score (nSPS) is 32.7. The molecule has 3 atom stereocenters. The third-order valence-electron chi connectivity index (χ3n) is 5.94. The molecule has 3 heteroatoms. The molecule has 0 bridgehead atoms. The van der Waals surface area contributed by atoms with Crippen LogP contribution in [0, 0.1) is 11.8 Å². The Morgan fingerprint density at radius 2 is 1.81 bits per heavy atom. The van der Waals surface area contributed by atoms with Crippen molar-refractivity contribution >= 4 is 0 Å². The van der Waals surface area contributed by atoms with Crippen molar-refractivity contribution in [3.8, 4) is 0 Å². The fourth-order valence-corrected chi connectivity index (χ4v) is 4.51. The van der Waals surface area contributed by atoms with Crippen LogP contribution in [0.5, 0.6) is 0 Å². The van der Waals surface area contributed by atoms with Crippen LogP contribution in [-0.2, 0) is 0 Å². The lowest BCUT2D eigenvalue weighted by Crippen LogP contribution is -2.52. The molecule has 2 fully saturated rings. The van der Waals surface area contributed by atoms with Crippen molar-refractivity contribution < 1.29 is 0 Å². The van der Waals surface area contributed by atoms with Crippen molar-refractivity contribution in [2.24, 2.45) is 11.8 Å². The molecule has 0 radical (unpaired) electrons. The van der Waals surface area contributed by atoms with Gasteiger partial charge in [0.1, 0.15) is 0 Å². The highest BCUT2D eigenvalue weighted by Gasteiger charge is 2.32. The molecule has 0 aromatic carbocycles. The topological polar surface area (TPSA) is 18.5 Å². The Morgan fingerprint density at radius 3 is 2.43 bits per heavy atom. The lowest BCUT2D eigenvalue weighted by Gasteiger charge is -2.43. The number of likely N-dealkylation sites (N-methyl/N-ethyl adjacent to an activating group) is 2. The van der Waals surface area contributed by atoms with Crippen LogP contribution in [0.15, 0.2) is 0 Å². The molecule has 1 aliphatic heterocycles. The minimum atomic E-state index is 0.703. The first-order valence-electron chi connectivity index (χ1n) is 9.20. The van der Waals surface area contributed by atoms with Crippen LogP contribution >= 0.6 is 0 Å². The first-order valence-corrected chi connectivity index (χ1v) is 9.20. The number of rotatable bonds is 6. The quantitative estimate of drug-likeness (QED) is 0.813. The molecule has 2 aliphatic rings.